The van der Waals surface area contributed by atoms with Crippen LogP contribution in [-0.2, 0) is 11.8 Å². The molecule has 116 valence electrons. The van der Waals surface area contributed by atoms with Gasteiger partial charge in [0.05, 0.1) is 24.0 Å². The number of fused-ring (bicyclic) bond motifs is 1. The first-order valence-electron chi connectivity index (χ1n) is 6.94. The van der Waals surface area contributed by atoms with Gasteiger partial charge >= 0.3 is 0 Å². The quantitative estimate of drug-likeness (QED) is 0.768. The average molecular weight is 302 g/mol. The molecule has 0 amide bonds. The Kier molecular flexibility index (Phi) is 3.76. The molecule has 0 bridgehead atoms. The Morgan fingerprint density at radius 1 is 1.36 bits per heavy atom. The van der Waals surface area contributed by atoms with E-state index in [1.807, 2.05) is 31.6 Å². The molecule has 0 aliphatic carbocycles. The van der Waals surface area contributed by atoms with E-state index in [4.69, 9.17) is 9.26 Å². The van der Waals surface area contributed by atoms with Gasteiger partial charge in [0.15, 0.2) is 0 Å². The van der Waals surface area contributed by atoms with Crippen molar-refractivity contribution in [1.29, 1.82) is 0 Å². The summed E-state index contributed by atoms with van der Waals surface area (Å²) in [4.78, 5) is 8.75. The van der Waals surface area contributed by atoms with Gasteiger partial charge in [-0.2, -0.15) is 10.1 Å². The Labute approximate surface area is 127 Å². The fourth-order valence-electron chi connectivity index (χ4n) is 2.46. The third kappa shape index (κ3) is 2.52. The molecular weight excluding hydrogens is 284 g/mol. The van der Waals surface area contributed by atoms with E-state index in [2.05, 4.69) is 25.5 Å². The number of rotatable bonds is 5. The second-order valence-corrected chi connectivity index (χ2v) is 5.10. The molecular formula is C14H18N6O2. The van der Waals surface area contributed by atoms with Crippen LogP contribution in [0.5, 0.6) is 0 Å². The minimum atomic E-state index is -0.0932. The maximum absolute atomic E-state index is 5.32. The summed E-state index contributed by atoms with van der Waals surface area (Å²) in [6, 6.07) is 1.85. The van der Waals surface area contributed by atoms with Gasteiger partial charge in [-0.05, 0) is 19.9 Å². The average Bonchev–Trinajstić information content (AvgIpc) is 3.05. The van der Waals surface area contributed by atoms with Gasteiger partial charge in [-0.1, -0.05) is 5.16 Å². The molecule has 1 atom stereocenters. The molecule has 0 saturated heterocycles. The second-order valence-electron chi connectivity index (χ2n) is 5.10. The summed E-state index contributed by atoms with van der Waals surface area (Å²) in [5.74, 6) is 1.30. The molecule has 0 aromatic carbocycles. The molecule has 0 spiro atoms. The van der Waals surface area contributed by atoms with Crippen molar-refractivity contribution in [1.82, 2.24) is 24.9 Å². The van der Waals surface area contributed by atoms with Gasteiger partial charge in [0, 0.05) is 20.4 Å². The normalized spacial score (nSPS) is 12.7. The van der Waals surface area contributed by atoms with Crippen molar-refractivity contribution < 1.29 is 9.26 Å². The van der Waals surface area contributed by atoms with E-state index < -0.39 is 0 Å². The molecule has 0 unspecified atom stereocenters. The predicted molar refractivity (Wildman–Crippen MR) is 80.5 cm³/mol. The highest BCUT2D eigenvalue weighted by atomic mass is 16.5. The molecule has 1 N–H and O–H groups in total. The van der Waals surface area contributed by atoms with Crippen LogP contribution in [0.4, 0.5) is 5.82 Å². The van der Waals surface area contributed by atoms with Crippen molar-refractivity contribution in [2.24, 2.45) is 7.05 Å². The van der Waals surface area contributed by atoms with Crippen LogP contribution in [0.1, 0.15) is 23.3 Å². The fraction of sp³-hybridized carbons (Fsp3) is 0.429. The number of ether oxygens (including phenoxy) is 1. The second kappa shape index (κ2) is 5.72. The molecule has 0 radical (unpaired) electrons. The highest BCUT2D eigenvalue weighted by Crippen LogP contribution is 2.27. The summed E-state index contributed by atoms with van der Waals surface area (Å²) in [5.41, 5.74) is 2.23. The van der Waals surface area contributed by atoms with E-state index in [-0.39, 0.29) is 6.04 Å². The zero-order chi connectivity index (χ0) is 15.7. The van der Waals surface area contributed by atoms with Crippen LogP contribution in [0.2, 0.25) is 0 Å². The van der Waals surface area contributed by atoms with Crippen molar-refractivity contribution in [2.75, 3.05) is 19.0 Å². The number of nitrogens with zero attached hydrogens (tertiary/aromatic N) is 5. The number of methoxy groups -OCH3 is 1. The van der Waals surface area contributed by atoms with E-state index >= 15 is 0 Å². The molecule has 0 saturated carbocycles. The molecule has 0 aliphatic heterocycles. The van der Waals surface area contributed by atoms with Crippen LogP contribution in [0.15, 0.2) is 16.8 Å². The van der Waals surface area contributed by atoms with Gasteiger partial charge in [-0.3, -0.25) is 4.68 Å². The summed E-state index contributed by atoms with van der Waals surface area (Å²) in [5, 5.41) is 12.4. The lowest BCUT2D eigenvalue weighted by Crippen LogP contribution is -2.20. The summed E-state index contributed by atoms with van der Waals surface area (Å²) in [6.45, 7) is 4.16. The lowest BCUT2D eigenvalue weighted by molar-refractivity contribution is 0.184. The Morgan fingerprint density at radius 3 is 2.86 bits per heavy atom. The van der Waals surface area contributed by atoms with Crippen LogP contribution in [0, 0.1) is 13.8 Å². The highest BCUT2D eigenvalue weighted by Gasteiger charge is 2.20. The van der Waals surface area contributed by atoms with Crippen molar-refractivity contribution in [3.05, 3.63) is 29.5 Å². The van der Waals surface area contributed by atoms with E-state index in [9.17, 15) is 0 Å². The number of aryl methyl sites for hydroxylation is 3. The third-order valence-corrected chi connectivity index (χ3v) is 3.48. The molecule has 3 aromatic heterocycles. The number of anilines is 1. The van der Waals surface area contributed by atoms with Gasteiger partial charge in [0.25, 0.3) is 5.71 Å². The maximum Gasteiger partial charge on any atom is 0.263 e. The van der Waals surface area contributed by atoms with Crippen LogP contribution in [0.25, 0.3) is 11.1 Å². The minimum Gasteiger partial charge on any atom is -0.382 e. The summed E-state index contributed by atoms with van der Waals surface area (Å²) in [6.07, 6.45) is 1.76. The summed E-state index contributed by atoms with van der Waals surface area (Å²) < 4.78 is 12.4. The molecule has 3 heterocycles. The number of nitrogens with one attached hydrogen (secondary N) is 1. The van der Waals surface area contributed by atoms with Crippen LogP contribution < -0.4 is 5.32 Å². The molecule has 3 rings (SSSR count). The fourth-order valence-corrected chi connectivity index (χ4v) is 2.46. The van der Waals surface area contributed by atoms with Crippen molar-refractivity contribution in [2.45, 2.75) is 19.9 Å². The Balaban J connectivity index is 2.03. The van der Waals surface area contributed by atoms with Gasteiger partial charge in [-0.25, -0.2) is 4.98 Å². The third-order valence-electron chi connectivity index (χ3n) is 3.48. The van der Waals surface area contributed by atoms with E-state index in [0.29, 0.717) is 24.0 Å². The lowest BCUT2D eigenvalue weighted by Gasteiger charge is -2.19. The predicted octanol–water partition coefficient (Wildman–Crippen LogP) is 1.77. The number of hydrogen-bond donors (Lipinski definition) is 1. The zero-order valence-corrected chi connectivity index (χ0v) is 13.0. The van der Waals surface area contributed by atoms with Crippen molar-refractivity contribution >= 4 is 16.9 Å². The Bertz CT molecular complexity index is 794. The standard InChI is InChI=1S/C14H18N6O2/c1-8-12-13(16-9(2)17-14(12)22-19-8)18-10(7-21-4)11-5-6-15-20(11)3/h5-6,10H,7H2,1-4H3,(H,16,17,18)/t10-/m0/s1. The largest absolute Gasteiger partial charge is 0.382 e. The molecule has 3 aromatic rings. The highest BCUT2D eigenvalue weighted by molar-refractivity contribution is 5.87. The molecule has 8 heteroatoms. The van der Waals surface area contributed by atoms with Gasteiger partial charge in [0.1, 0.15) is 17.0 Å². The molecule has 22 heavy (non-hydrogen) atoms. The van der Waals surface area contributed by atoms with Gasteiger partial charge < -0.3 is 14.6 Å². The lowest BCUT2D eigenvalue weighted by atomic mass is 10.2. The summed E-state index contributed by atoms with van der Waals surface area (Å²) in [7, 11) is 3.56. The van der Waals surface area contributed by atoms with Crippen LogP contribution in [-0.4, -0.2) is 38.6 Å². The monoisotopic (exact) mass is 302 g/mol. The molecule has 8 nitrogen and oxygen atoms in total. The van der Waals surface area contributed by atoms with Crippen molar-refractivity contribution in [3.63, 3.8) is 0 Å². The molecule has 0 aliphatic rings. The SMILES string of the molecule is COC[C@H](Nc1nc(C)nc2onc(C)c12)c1ccnn1C. The Morgan fingerprint density at radius 2 is 2.18 bits per heavy atom. The first kappa shape index (κ1) is 14.5. The van der Waals surface area contributed by atoms with Gasteiger partial charge in [0.2, 0.25) is 0 Å². The number of hydrogen-bond acceptors (Lipinski definition) is 7. The first-order valence-corrected chi connectivity index (χ1v) is 6.94. The number of aromatic nitrogens is 5. The molecule has 0 fully saturated rings. The van der Waals surface area contributed by atoms with E-state index in [0.717, 1.165) is 16.8 Å². The zero-order valence-electron chi connectivity index (χ0n) is 13.0. The maximum atomic E-state index is 5.32. The Hall–Kier alpha value is -2.48. The van der Waals surface area contributed by atoms with Crippen molar-refractivity contribution in [3.8, 4) is 0 Å². The van der Waals surface area contributed by atoms with Crippen LogP contribution >= 0.6 is 0 Å². The van der Waals surface area contributed by atoms with E-state index in [1.165, 1.54) is 0 Å². The van der Waals surface area contributed by atoms with Gasteiger partial charge in [-0.15, -0.1) is 0 Å². The topological polar surface area (TPSA) is 90.9 Å². The minimum absolute atomic E-state index is 0.0932. The first-order chi connectivity index (χ1) is 10.6. The van der Waals surface area contributed by atoms with Crippen LogP contribution in [0.3, 0.4) is 0 Å². The smallest absolute Gasteiger partial charge is 0.263 e. The van der Waals surface area contributed by atoms with E-state index in [1.54, 1.807) is 13.3 Å². The summed E-state index contributed by atoms with van der Waals surface area (Å²) >= 11 is 0.